The van der Waals surface area contributed by atoms with Crippen molar-refractivity contribution in [2.24, 2.45) is 5.92 Å². The lowest BCUT2D eigenvalue weighted by atomic mass is 10.2. The number of ether oxygens (including phenoxy) is 2. The van der Waals surface area contributed by atoms with Crippen LogP contribution < -0.4 is 5.73 Å². The van der Waals surface area contributed by atoms with Gasteiger partial charge in [0, 0.05) is 19.8 Å². The van der Waals surface area contributed by atoms with Crippen LogP contribution in [0.4, 0.5) is 5.82 Å². The fraction of sp³-hybridized carbons (Fsp3) is 0.667. The Kier molecular flexibility index (Phi) is 3.91. The third kappa shape index (κ3) is 3.14. The van der Waals surface area contributed by atoms with Crippen LogP contribution in [0.25, 0.3) is 0 Å². The minimum Gasteiger partial charge on any atom is -0.384 e. The predicted octanol–water partition coefficient (Wildman–Crippen LogP) is 1.69. The SMILES string of the molecule is CCOC(c1nc(N)cc(COC)n1)C1CC1. The molecule has 5 nitrogen and oxygen atoms in total. The summed E-state index contributed by atoms with van der Waals surface area (Å²) < 4.78 is 10.8. The van der Waals surface area contributed by atoms with Gasteiger partial charge in [0.25, 0.3) is 0 Å². The summed E-state index contributed by atoms with van der Waals surface area (Å²) in [5.74, 6) is 1.72. The van der Waals surface area contributed by atoms with Crippen molar-refractivity contribution in [2.75, 3.05) is 19.5 Å². The number of anilines is 1. The Morgan fingerprint density at radius 2 is 2.24 bits per heavy atom. The topological polar surface area (TPSA) is 70.3 Å². The summed E-state index contributed by atoms with van der Waals surface area (Å²) in [5, 5.41) is 0. The zero-order chi connectivity index (χ0) is 12.3. The molecule has 94 valence electrons. The molecule has 0 aliphatic heterocycles. The highest BCUT2D eigenvalue weighted by Gasteiger charge is 2.35. The number of hydrogen-bond acceptors (Lipinski definition) is 5. The molecule has 1 atom stereocenters. The molecule has 5 heteroatoms. The van der Waals surface area contributed by atoms with E-state index < -0.39 is 0 Å². The van der Waals surface area contributed by atoms with Crippen LogP contribution >= 0.6 is 0 Å². The highest BCUT2D eigenvalue weighted by Crippen LogP contribution is 2.42. The van der Waals surface area contributed by atoms with E-state index >= 15 is 0 Å². The molecule has 1 fully saturated rings. The highest BCUT2D eigenvalue weighted by molar-refractivity contribution is 5.30. The number of aromatic nitrogens is 2. The van der Waals surface area contributed by atoms with Crippen molar-refractivity contribution in [1.82, 2.24) is 9.97 Å². The lowest BCUT2D eigenvalue weighted by Gasteiger charge is -2.16. The number of hydrogen-bond donors (Lipinski definition) is 1. The van der Waals surface area contributed by atoms with Crippen LogP contribution in [-0.2, 0) is 16.1 Å². The van der Waals surface area contributed by atoms with Crippen LogP contribution in [-0.4, -0.2) is 23.7 Å². The van der Waals surface area contributed by atoms with E-state index in [2.05, 4.69) is 9.97 Å². The lowest BCUT2D eigenvalue weighted by molar-refractivity contribution is 0.0396. The third-order valence-corrected chi connectivity index (χ3v) is 2.76. The molecule has 1 saturated carbocycles. The van der Waals surface area contributed by atoms with Gasteiger partial charge in [-0.15, -0.1) is 0 Å². The first-order valence-corrected chi connectivity index (χ1v) is 5.98. The van der Waals surface area contributed by atoms with E-state index in [1.165, 1.54) is 12.8 Å². The third-order valence-electron chi connectivity index (χ3n) is 2.76. The van der Waals surface area contributed by atoms with Gasteiger partial charge in [0.15, 0.2) is 5.82 Å². The van der Waals surface area contributed by atoms with E-state index in [9.17, 15) is 0 Å². The second-order valence-corrected chi connectivity index (χ2v) is 4.29. The normalized spacial score (nSPS) is 17.1. The van der Waals surface area contributed by atoms with Crippen molar-refractivity contribution >= 4 is 5.82 Å². The summed E-state index contributed by atoms with van der Waals surface area (Å²) in [4.78, 5) is 8.74. The van der Waals surface area contributed by atoms with Gasteiger partial charge in [-0.25, -0.2) is 9.97 Å². The summed E-state index contributed by atoms with van der Waals surface area (Å²) in [5.41, 5.74) is 6.59. The standard InChI is InChI=1S/C12H19N3O2/c1-3-17-11(8-4-5-8)12-14-9(7-16-2)6-10(13)15-12/h6,8,11H,3-5,7H2,1-2H3,(H2,13,14,15). The fourth-order valence-electron chi connectivity index (χ4n) is 1.89. The number of methoxy groups -OCH3 is 1. The number of rotatable bonds is 6. The van der Waals surface area contributed by atoms with Crippen LogP contribution in [0.15, 0.2) is 6.07 Å². The summed E-state index contributed by atoms with van der Waals surface area (Å²) >= 11 is 0. The first kappa shape index (κ1) is 12.3. The Labute approximate surface area is 101 Å². The van der Waals surface area contributed by atoms with Gasteiger partial charge in [0.05, 0.1) is 12.3 Å². The van der Waals surface area contributed by atoms with Crippen LogP contribution in [0, 0.1) is 5.92 Å². The molecular weight excluding hydrogens is 218 g/mol. The molecule has 0 radical (unpaired) electrons. The van der Waals surface area contributed by atoms with Crippen molar-refractivity contribution in [2.45, 2.75) is 32.5 Å². The van der Waals surface area contributed by atoms with Crippen molar-refractivity contribution in [1.29, 1.82) is 0 Å². The Balaban J connectivity index is 2.22. The second kappa shape index (κ2) is 5.42. The average Bonchev–Trinajstić information content (AvgIpc) is 3.09. The van der Waals surface area contributed by atoms with Crippen LogP contribution in [0.1, 0.15) is 37.4 Å². The summed E-state index contributed by atoms with van der Waals surface area (Å²) in [7, 11) is 1.64. The minimum absolute atomic E-state index is 0.0147. The zero-order valence-corrected chi connectivity index (χ0v) is 10.3. The van der Waals surface area contributed by atoms with Crippen LogP contribution in [0.5, 0.6) is 0 Å². The molecule has 1 unspecified atom stereocenters. The van der Waals surface area contributed by atoms with Gasteiger partial charge >= 0.3 is 0 Å². The van der Waals surface area contributed by atoms with Gasteiger partial charge in [0.1, 0.15) is 11.9 Å². The molecule has 2 N–H and O–H groups in total. The minimum atomic E-state index is -0.0147. The van der Waals surface area contributed by atoms with Crippen molar-refractivity contribution in [3.8, 4) is 0 Å². The Hall–Kier alpha value is -1.20. The molecule has 17 heavy (non-hydrogen) atoms. The number of nitrogen functional groups attached to an aromatic ring is 1. The smallest absolute Gasteiger partial charge is 0.160 e. The molecule has 1 aromatic heterocycles. The number of nitrogens with zero attached hydrogens (tertiary/aromatic N) is 2. The van der Waals surface area contributed by atoms with Gasteiger partial charge in [-0.2, -0.15) is 0 Å². The molecular formula is C12H19N3O2. The van der Waals surface area contributed by atoms with Gasteiger partial charge < -0.3 is 15.2 Å². The maximum absolute atomic E-state index is 5.78. The maximum Gasteiger partial charge on any atom is 0.160 e. The van der Waals surface area contributed by atoms with Gasteiger partial charge in [-0.05, 0) is 25.7 Å². The van der Waals surface area contributed by atoms with E-state index in [1.54, 1.807) is 13.2 Å². The molecule has 1 aliphatic carbocycles. The second-order valence-electron chi connectivity index (χ2n) is 4.29. The predicted molar refractivity (Wildman–Crippen MR) is 64.2 cm³/mol. The van der Waals surface area contributed by atoms with E-state index in [-0.39, 0.29) is 6.10 Å². The summed E-state index contributed by atoms with van der Waals surface area (Å²) in [6, 6.07) is 1.74. The largest absolute Gasteiger partial charge is 0.384 e. The monoisotopic (exact) mass is 237 g/mol. The van der Waals surface area contributed by atoms with E-state index in [4.69, 9.17) is 15.2 Å². The molecule has 1 aliphatic rings. The molecule has 2 rings (SSSR count). The molecule has 0 aromatic carbocycles. The van der Waals surface area contributed by atoms with Gasteiger partial charge in [-0.3, -0.25) is 0 Å². The van der Waals surface area contributed by atoms with E-state index in [1.807, 2.05) is 6.92 Å². The van der Waals surface area contributed by atoms with E-state index in [0.717, 1.165) is 5.69 Å². The average molecular weight is 237 g/mol. The molecule has 0 saturated heterocycles. The van der Waals surface area contributed by atoms with E-state index in [0.29, 0.717) is 30.8 Å². The number of nitrogens with two attached hydrogens (primary N) is 1. The van der Waals surface area contributed by atoms with Crippen LogP contribution in [0.3, 0.4) is 0 Å². The first-order chi connectivity index (χ1) is 8.24. The quantitative estimate of drug-likeness (QED) is 0.815. The van der Waals surface area contributed by atoms with Crippen molar-refractivity contribution < 1.29 is 9.47 Å². The molecule has 0 bridgehead atoms. The molecule has 0 spiro atoms. The van der Waals surface area contributed by atoms with Gasteiger partial charge in [0.2, 0.25) is 0 Å². The Bertz CT molecular complexity index is 380. The Morgan fingerprint density at radius 1 is 1.47 bits per heavy atom. The molecule has 1 heterocycles. The Morgan fingerprint density at radius 3 is 2.82 bits per heavy atom. The fourth-order valence-corrected chi connectivity index (χ4v) is 1.89. The lowest BCUT2D eigenvalue weighted by Crippen LogP contribution is -2.13. The first-order valence-electron chi connectivity index (χ1n) is 5.98. The summed E-state index contributed by atoms with van der Waals surface area (Å²) in [6.07, 6.45) is 2.35. The summed E-state index contributed by atoms with van der Waals surface area (Å²) in [6.45, 7) is 3.10. The highest BCUT2D eigenvalue weighted by atomic mass is 16.5. The van der Waals surface area contributed by atoms with Crippen molar-refractivity contribution in [3.05, 3.63) is 17.6 Å². The van der Waals surface area contributed by atoms with Crippen molar-refractivity contribution in [3.63, 3.8) is 0 Å². The van der Waals surface area contributed by atoms with Gasteiger partial charge in [-0.1, -0.05) is 0 Å². The maximum atomic E-state index is 5.78. The van der Waals surface area contributed by atoms with Crippen LogP contribution in [0.2, 0.25) is 0 Å². The zero-order valence-electron chi connectivity index (χ0n) is 10.3. The molecule has 0 amide bonds. The molecule has 1 aromatic rings.